The van der Waals surface area contributed by atoms with Gasteiger partial charge in [-0.1, -0.05) is 6.92 Å². The van der Waals surface area contributed by atoms with Gasteiger partial charge in [0.25, 0.3) is 11.5 Å². The van der Waals surface area contributed by atoms with Crippen molar-refractivity contribution < 1.29 is 9.59 Å². The Morgan fingerprint density at radius 3 is 2.64 bits per heavy atom. The van der Waals surface area contributed by atoms with Crippen LogP contribution in [0.25, 0.3) is 0 Å². The van der Waals surface area contributed by atoms with E-state index < -0.39 is 11.5 Å². The molecule has 0 unspecified atom stereocenters. The number of nitrogens with zero attached hydrogens (tertiary/aromatic N) is 2. The van der Waals surface area contributed by atoms with Gasteiger partial charge in [0.05, 0.1) is 6.54 Å². The van der Waals surface area contributed by atoms with E-state index in [1.165, 1.54) is 11.9 Å². The average molecular weight is 342 g/mol. The second-order valence-corrected chi connectivity index (χ2v) is 5.96. The number of rotatable bonds is 5. The first kappa shape index (κ1) is 18.4. The van der Waals surface area contributed by atoms with E-state index in [9.17, 15) is 14.4 Å². The first-order chi connectivity index (χ1) is 11.8. The number of carbonyl (C=O) groups is 2. The molecule has 0 radical (unpaired) electrons. The highest BCUT2D eigenvalue weighted by Gasteiger charge is 2.19. The molecular weight excluding hydrogens is 320 g/mol. The average Bonchev–Trinajstić information content (AvgIpc) is 2.55. The van der Waals surface area contributed by atoms with Crippen molar-refractivity contribution in [2.75, 3.05) is 18.9 Å². The van der Waals surface area contributed by atoms with Gasteiger partial charge in [-0.15, -0.1) is 0 Å². The lowest BCUT2D eigenvalue weighted by Crippen LogP contribution is -2.37. The van der Waals surface area contributed by atoms with Crippen LogP contribution in [-0.2, 0) is 11.2 Å². The van der Waals surface area contributed by atoms with Gasteiger partial charge < -0.3 is 15.2 Å². The second kappa shape index (κ2) is 7.74. The Labute approximate surface area is 146 Å². The molecule has 2 amide bonds. The van der Waals surface area contributed by atoms with Gasteiger partial charge in [0.15, 0.2) is 0 Å². The number of hydrogen-bond acceptors (Lipinski definition) is 4. The van der Waals surface area contributed by atoms with Gasteiger partial charge in [0.1, 0.15) is 11.4 Å². The zero-order valence-electron chi connectivity index (χ0n) is 14.8. The van der Waals surface area contributed by atoms with Gasteiger partial charge in [-0.2, -0.15) is 0 Å². The second-order valence-electron chi connectivity index (χ2n) is 5.96. The molecule has 7 nitrogen and oxygen atoms in total. The predicted octanol–water partition coefficient (Wildman–Crippen LogP) is 1.66. The molecule has 2 N–H and O–H groups in total. The van der Waals surface area contributed by atoms with E-state index in [0.717, 1.165) is 16.8 Å². The summed E-state index contributed by atoms with van der Waals surface area (Å²) in [5, 5.41) is 2.63. The number of aryl methyl sites for hydroxylation is 3. The minimum absolute atomic E-state index is 0.0266. The van der Waals surface area contributed by atoms with Gasteiger partial charge in [-0.05, 0) is 49.6 Å². The molecule has 0 aliphatic carbocycles. The van der Waals surface area contributed by atoms with Crippen LogP contribution in [0.2, 0.25) is 0 Å². The highest BCUT2D eigenvalue weighted by molar-refractivity contribution is 5.98. The highest BCUT2D eigenvalue weighted by Crippen LogP contribution is 2.08. The van der Waals surface area contributed by atoms with Crippen molar-refractivity contribution in [3.05, 3.63) is 57.1 Å². The van der Waals surface area contributed by atoms with E-state index in [1.54, 1.807) is 18.3 Å². The van der Waals surface area contributed by atoms with E-state index in [2.05, 4.69) is 15.3 Å². The minimum Gasteiger partial charge on any atom is -0.332 e. The van der Waals surface area contributed by atoms with Gasteiger partial charge in [-0.3, -0.25) is 14.4 Å². The molecule has 132 valence electrons. The van der Waals surface area contributed by atoms with Crippen molar-refractivity contribution in [1.82, 2.24) is 14.9 Å². The zero-order chi connectivity index (χ0) is 18.6. The van der Waals surface area contributed by atoms with Crippen LogP contribution in [0.5, 0.6) is 0 Å². The summed E-state index contributed by atoms with van der Waals surface area (Å²) in [5.41, 5.74) is 2.19. The van der Waals surface area contributed by atoms with E-state index >= 15 is 0 Å². The van der Waals surface area contributed by atoms with E-state index in [0.29, 0.717) is 12.2 Å². The molecule has 0 saturated carbocycles. The normalized spacial score (nSPS) is 10.4. The predicted molar refractivity (Wildman–Crippen MR) is 95.7 cm³/mol. The number of likely N-dealkylation sites (N-methyl/N-ethyl adjacent to an activating group) is 1. The smallest absolute Gasteiger partial charge is 0.261 e. The zero-order valence-corrected chi connectivity index (χ0v) is 14.8. The fourth-order valence-corrected chi connectivity index (χ4v) is 2.48. The standard InChI is InChI=1S/C18H22N4O3/c1-5-14-12(3)9-13(17(24)20-14)18(25)22(4)10-16(23)21-15-8-11(2)6-7-19-15/h6-9H,5,10H2,1-4H3,(H,20,24)(H,19,21,23). The van der Waals surface area contributed by atoms with Gasteiger partial charge in [0, 0.05) is 18.9 Å². The summed E-state index contributed by atoms with van der Waals surface area (Å²) >= 11 is 0. The fraction of sp³-hybridized carbons (Fsp3) is 0.333. The molecule has 0 spiro atoms. The third-order valence-electron chi connectivity index (χ3n) is 3.84. The SMILES string of the molecule is CCc1[nH]c(=O)c(C(=O)N(C)CC(=O)Nc2cc(C)ccn2)cc1C. The third-order valence-corrected chi connectivity index (χ3v) is 3.84. The molecule has 7 heteroatoms. The highest BCUT2D eigenvalue weighted by atomic mass is 16.2. The maximum atomic E-state index is 12.5. The van der Waals surface area contributed by atoms with Crippen LogP contribution in [0.3, 0.4) is 0 Å². The van der Waals surface area contributed by atoms with Crippen LogP contribution >= 0.6 is 0 Å². The molecule has 25 heavy (non-hydrogen) atoms. The van der Waals surface area contributed by atoms with Crippen molar-refractivity contribution in [2.24, 2.45) is 0 Å². The maximum Gasteiger partial charge on any atom is 0.261 e. The first-order valence-electron chi connectivity index (χ1n) is 8.02. The van der Waals surface area contributed by atoms with Gasteiger partial charge in [0.2, 0.25) is 5.91 Å². The monoisotopic (exact) mass is 342 g/mol. The number of aromatic nitrogens is 2. The van der Waals surface area contributed by atoms with Crippen molar-refractivity contribution >= 4 is 17.6 Å². The van der Waals surface area contributed by atoms with Crippen LogP contribution in [0.15, 0.2) is 29.2 Å². The minimum atomic E-state index is -0.501. The third kappa shape index (κ3) is 4.53. The molecule has 0 aromatic carbocycles. The molecule has 0 atom stereocenters. The lowest BCUT2D eigenvalue weighted by atomic mass is 10.1. The quantitative estimate of drug-likeness (QED) is 0.864. The van der Waals surface area contributed by atoms with Crippen LogP contribution < -0.4 is 10.9 Å². The molecule has 2 aromatic rings. The van der Waals surface area contributed by atoms with Crippen molar-refractivity contribution in [2.45, 2.75) is 27.2 Å². The summed E-state index contributed by atoms with van der Waals surface area (Å²) < 4.78 is 0. The lowest BCUT2D eigenvalue weighted by molar-refractivity contribution is -0.116. The number of carbonyl (C=O) groups excluding carboxylic acids is 2. The maximum absolute atomic E-state index is 12.5. The molecule has 2 aromatic heterocycles. The number of H-pyrrole nitrogens is 1. The fourth-order valence-electron chi connectivity index (χ4n) is 2.48. The summed E-state index contributed by atoms with van der Waals surface area (Å²) in [7, 11) is 1.48. The topological polar surface area (TPSA) is 95.2 Å². The van der Waals surface area contributed by atoms with Gasteiger partial charge in [-0.25, -0.2) is 4.98 Å². The summed E-state index contributed by atoms with van der Waals surface area (Å²) in [4.78, 5) is 44.6. The van der Waals surface area contributed by atoms with Crippen molar-refractivity contribution in [3.63, 3.8) is 0 Å². The van der Waals surface area contributed by atoms with Crippen molar-refractivity contribution in [1.29, 1.82) is 0 Å². The Bertz CT molecular complexity index is 858. The lowest BCUT2D eigenvalue weighted by Gasteiger charge is -2.17. The summed E-state index contributed by atoms with van der Waals surface area (Å²) in [6.45, 7) is 5.47. The van der Waals surface area contributed by atoms with E-state index in [1.807, 2.05) is 26.8 Å². The molecule has 0 saturated heterocycles. The van der Waals surface area contributed by atoms with Crippen LogP contribution in [0, 0.1) is 13.8 Å². The first-order valence-corrected chi connectivity index (χ1v) is 8.02. The molecule has 2 heterocycles. The number of hydrogen-bond donors (Lipinski definition) is 2. The number of nitrogens with one attached hydrogen (secondary N) is 2. The number of pyridine rings is 2. The van der Waals surface area contributed by atoms with Crippen LogP contribution in [0.1, 0.15) is 34.1 Å². The van der Waals surface area contributed by atoms with Gasteiger partial charge >= 0.3 is 0 Å². The molecule has 0 fully saturated rings. The summed E-state index contributed by atoms with van der Waals surface area (Å²) in [6, 6.07) is 5.12. The Hall–Kier alpha value is -2.96. The Balaban J connectivity index is 2.09. The molecule has 2 rings (SSSR count). The van der Waals surface area contributed by atoms with Crippen LogP contribution in [0.4, 0.5) is 5.82 Å². The van der Waals surface area contributed by atoms with Crippen molar-refractivity contribution in [3.8, 4) is 0 Å². The number of amides is 2. The Morgan fingerprint density at radius 2 is 2.00 bits per heavy atom. The molecular formula is C18H22N4O3. The Morgan fingerprint density at radius 1 is 1.28 bits per heavy atom. The molecule has 0 aliphatic heterocycles. The molecule has 0 aliphatic rings. The van der Waals surface area contributed by atoms with E-state index in [-0.39, 0.29) is 18.0 Å². The Kier molecular flexibility index (Phi) is 5.69. The van der Waals surface area contributed by atoms with E-state index in [4.69, 9.17) is 0 Å². The number of aromatic amines is 1. The number of anilines is 1. The summed E-state index contributed by atoms with van der Waals surface area (Å²) in [5.74, 6) is -0.460. The summed E-state index contributed by atoms with van der Waals surface area (Å²) in [6.07, 6.45) is 2.27. The van der Waals surface area contributed by atoms with Crippen LogP contribution in [-0.4, -0.2) is 40.3 Å². The largest absolute Gasteiger partial charge is 0.332 e. The molecule has 0 bridgehead atoms.